The van der Waals surface area contributed by atoms with Gasteiger partial charge in [0.05, 0.1) is 18.1 Å². The summed E-state index contributed by atoms with van der Waals surface area (Å²) in [5.74, 6) is 0. The van der Waals surface area contributed by atoms with Crippen molar-refractivity contribution in [2.75, 3.05) is 13.2 Å². The fourth-order valence-electron chi connectivity index (χ4n) is 0.274. The van der Waals surface area contributed by atoms with E-state index in [1.165, 1.54) is 0 Å². The van der Waals surface area contributed by atoms with Crippen LogP contribution in [0.1, 0.15) is 13.3 Å². The molecule has 0 aromatic rings. The van der Waals surface area contributed by atoms with Gasteiger partial charge in [-0.3, -0.25) is 0 Å². The lowest BCUT2D eigenvalue weighted by atomic mass is 10.1. The van der Waals surface area contributed by atoms with Crippen LogP contribution in [0.2, 0.25) is 0 Å². The quantitative estimate of drug-likeness (QED) is 0.553. The Balaban J connectivity index is 3.58. The molecule has 0 spiro atoms. The topological polar surface area (TPSA) is 40.5 Å². The van der Waals surface area contributed by atoms with Crippen molar-refractivity contribution in [3.63, 3.8) is 0 Å². The summed E-state index contributed by atoms with van der Waals surface area (Å²) in [6.07, 6.45) is 0.585. The van der Waals surface area contributed by atoms with Crippen molar-refractivity contribution in [3.8, 4) is 0 Å². The number of rotatable bonds is 3. The van der Waals surface area contributed by atoms with Crippen LogP contribution in [-0.4, -0.2) is 28.3 Å². The Labute approximate surface area is 54.1 Å². The first-order valence-electron chi connectivity index (χ1n) is 2.59. The largest absolute Gasteiger partial charge is 0.394 e. The minimum Gasteiger partial charge on any atom is -0.394 e. The van der Waals surface area contributed by atoms with Crippen LogP contribution in [0.15, 0.2) is 0 Å². The van der Waals surface area contributed by atoms with Gasteiger partial charge in [0.2, 0.25) is 0 Å². The fourth-order valence-corrected chi connectivity index (χ4v) is 0.274. The number of hydrogen-bond acceptors (Lipinski definition) is 2. The van der Waals surface area contributed by atoms with E-state index in [0.29, 0.717) is 6.42 Å². The standard InChI is InChI=1S/C5H11ClO2/c1-2-5(6,3-7)4-8/h7-8H,2-4H2,1H3. The van der Waals surface area contributed by atoms with Crippen LogP contribution in [0, 0.1) is 0 Å². The van der Waals surface area contributed by atoms with Gasteiger partial charge in [-0.15, -0.1) is 11.6 Å². The van der Waals surface area contributed by atoms with Gasteiger partial charge in [-0.25, -0.2) is 0 Å². The lowest BCUT2D eigenvalue weighted by Gasteiger charge is -2.18. The normalized spacial score (nSPS) is 12.0. The van der Waals surface area contributed by atoms with Crippen LogP contribution in [-0.2, 0) is 0 Å². The highest BCUT2D eigenvalue weighted by molar-refractivity contribution is 6.24. The molecule has 50 valence electrons. The van der Waals surface area contributed by atoms with E-state index in [2.05, 4.69) is 0 Å². The monoisotopic (exact) mass is 138 g/mol. The van der Waals surface area contributed by atoms with Crippen LogP contribution in [0.5, 0.6) is 0 Å². The molecule has 0 radical (unpaired) electrons. The molecule has 0 aliphatic rings. The fraction of sp³-hybridized carbons (Fsp3) is 1.00. The average molecular weight is 139 g/mol. The van der Waals surface area contributed by atoms with Crippen molar-refractivity contribution in [1.29, 1.82) is 0 Å². The van der Waals surface area contributed by atoms with E-state index < -0.39 is 4.87 Å². The van der Waals surface area contributed by atoms with Gasteiger partial charge in [-0.1, -0.05) is 6.92 Å². The predicted molar refractivity (Wildman–Crippen MR) is 33.0 cm³/mol. The molecular formula is C5H11ClO2. The molecule has 2 N–H and O–H groups in total. The van der Waals surface area contributed by atoms with Crippen LogP contribution in [0.4, 0.5) is 0 Å². The summed E-state index contributed by atoms with van der Waals surface area (Å²) >= 11 is 5.59. The first-order valence-corrected chi connectivity index (χ1v) is 2.97. The van der Waals surface area contributed by atoms with Crippen molar-refractivity contribution in [3.05, 3.63) is 0 Å². The molecule has 0 aliphatic carbocycles. The number of aliphatic hydroxyl groups excluding tert-OH is 2. The van der Waals surface area contributed by atoms with Gasteiger partial charge < -0.3 is 10.2 Å². The first-order chi connectivity index (χ1) is 3.68. The second kappa shape index (κ2) is 3.28. The number of hydrogen-bond donors (Lipinski definition) is 2. The molecule has 0 bridgehead atoms. The highest BCUT2D eigenvalue weighted by atomic mass is 35.5. The molecule has 0 saturated heterocycles. The number of halogens is 1. The first kappa shape index (κ1) is 8.21. The summed E-state index contributed by atoms with van der Waals surface area (Å²) in [4.78, 5) is -0.792. The molecular weight excluding hydrogens is 128 g/mol. The van der Waals surface area contributed by atoms with Gasteiger partial charge in [-0.2, -0.15) is 0 Å². The highest BCUT2D eigenvalue weighted by Crippen LogP contribution is 2.16. The lowest BCUT2D eigenvalue weighted by molar-refractivity contribution is 0.165. The lowest BCUT2D eigenvalue weighted by Crippen LogP contribution is -2.29. The van der Waals surface area contributed by atoms with Gasteiger partial charge in [-0.05, 0) is 6.42 Å². The Morgan fingerprint density at radius 3 is 1.75 bits per heavy atom. The minimum atomic E-state index is -0.792. The average Bonchev–Trinajstić information content (AvgIpc) is 1.87. The molecule has 0 atom stereocenters. The van der Waals surface area contributed by atoms with Crippen molar-refractivity contribution in [2.24, 2.45) is 0 Å². The van der Waals surface area contributed by atoms with Gasteiger partial charge in [0.1, 0.15) is 0 Å². The van der Waals surface area contributed by atoms with E-state index >= 15 is 0 Å². The maximum absolute atomic E-state index is 8.49. The molecule has 0 saturated carbocycles. The van der Waals surface area contributed by atoms with Gasteiger partial charge in [0.25, 0.3) is 0 Å². The molecule has 0 amide bonds. The Kier molecular flexibility index (Phi) is 3.36. The second-order valence-electron chi connectivity index (χ2n) is 1.82. The molecule has 3 heteroatoms. The molecule has 2 nitrogen and oxygen atoms in total. The highest BCUT2D eigenvalue weighted by Gasteiger charge is 2.21. The summed E-state index contributed by atoms with van der Waals surface area (Å²) < 4.78 is 0. The Bertz CT molecular complexity index is 53.2. The third kappa shape index (κ3) is 1.99. The number of aliphatic hydroxyl groups is 2. The SMILES string of the molecule is CCC(Cl)(CO)CO. The van der Waals surface area contributed by atoms with Crippen molar-refractivity contribution in [2.45, 2.75) is 18.2 Å². The Hall–Kier alpha value is 0.210. The number of alkyl halides is 1. The molecule has 0 rings (SSSR count). The summed E-state index contributed by atoms with van der Waals surface area (Å²) in [7, 11) is 0. The summed E-state index contributed by atoms with van der Waals surface area (Å²) in [5, 5.41) is 17.0. The van der Waals surface area contributed by atoms with Crippen molar-refractivity contribution in [1.82, 2.24) is 0 Å². The van der Waals surface area contributed by atoms with E-state index in [1.807, 2.05) is 6.92 Å². The van der Waals surface area contributed by atoms with Crippen LogP contribution < -0.4 is 0 Å². The molecule has 0 aliphatic heterocycles. The maximum atomic E-state index is 8.49. The molecule has 0 fully saturated rings. The molecule has 8 heavy (non-hydrogen) atoms. The zero-order chi connectivity index (χ0) is 6.62. The Morgan fingerprint density at radius 1 is 1.38 bits per heavy atom. The molecule has 0 unspecified atom stereocenters. The molecule has 0 heterocycles. The van der Waals surface area contributed by atoms with Crippen molar-refractivity contribution < 1.29 is 10.2 Å². The van der Waals surface area contributed by atoms with Crippen molar-refractivity contribution >= 4 is 11.6 Å². The third-order valence-electron chi connectivity index (χ3n) is 1.20. The third-order valence-corrected chi connectivity index (χ3v) is 1.71. The van der Waals surface area contributed by atoms with Gasteiger partial charge in [0, 0.05) is 0 Å². The van der Waals surface area contributed by atoms with E-state index in [0.717, 1.165) is 0 Å². The van der Waals surface area contributed by atoms with E-state index in [9.17, 15) is 0 Å². The summed E-state index contributed by atoms with van der Waals surface area (Å²) in [5.41, 5.74) is 0. The van der Waals surface area contributed by atoms with E-state index in [4.69, 9.17) is 21.8 Å². The van der Waals surface area contributed by atoms with Crippen LogP contribution in [0.25, 0.3) is 0 Å². The van der Waals surface area contributed by atoms with E-state index in [1.54, 1.807) is 0 Å². The minimum absolute atomic E-state index is 0.165. The predicted octanol–water partition coefficient (Wildman–Crippen LogP) is 0.359. The summed E-state index contributed by atoms with van der Waals surface area (Å²) in [6, 6.07) is 0. The smallest absolute Gasteiger partial charge is 0.0903 e. The summed E-state index contributed by atoms with van der Waals surface area (Å²) in [6.45, 7) is 1.49. The van der Waals surface area contributed by atoms with Gasteiger partial charge >= 0.3 is 0 Å². The van der Waals surface area contributed by atoms with Gasteiger partial charge in [0.15, 0.2) is 0 Å². The van der Waals surface area contributed by atoms with E-state index in [-0.39, 0.29) is 13.2 Å². The zero-order valence-corrected chi connectivity index (χ0v) is 5.65. The van der Waals surface area contributed by atoms with Crippen LogP contribution in [0.3, 0.4) is 0 Å². The molecule has 0 aromatic heterocycles. The zero-order valence-electron chi connectivity index (χ0n) is 4.89. The molecule has 0 aromatic carbocycles. The maximum Gasteiger partial charge on any atom is 0.0903 e. The Morgan fingerprint density at radius 2 is 1.75 bits per heavy atom. The second-order valence-corrected chi connectivity index (χ2v) is 2.62. The van der Waals surface area contributed by atoms with Crippen LogP contribution >= 0.6 is 11.6 Å².